The van der Waals surface area contributed by atoms with Gasteiger partial charge in [-0.2, -0.15) is 5.10 Å². The summed E-state index contributed by atoms with van der Waals surface area (Å²) in [5.74, 6) is 0.776. The number of aromatic nitrogens is 5. The average molecular weight is 514 g/mol. The number of imidazole rings is 1. The predicted octanol–water partition coefficient (Wildman–Crippen LogP) is 3.96. The molecule has 1 fully saturated rings. The summed E-state index contributed by atoms with van der Waals surface area (Å²) >= 11 is 0. The smallest absolute Gasteiger partial charge is 0.159 e. The molecule has 38 heavy (non-hydrogen) atoms. The molecule has 1 unspecified atom stereocenters. The van der Waals surface area contributed by atoms with Crippen molar-refractivity contribution in [3.05, 3.63) is 54.2 Å². The predicted molar refractivity (Wildman–Crippen MR) is 153 cm³/mol. The Morgan fingerprint density at radius 2 is 1.95 bits per heavy atom. The maximum atomic E-state index is 10.2. The summed E-state index contributed by atoms with van der Waals surface area (Å²) in [5, 5.41) is 22.0. The summed E-state index contributed by atoms with van der Waals surface area (Å²) in [6, 6.07) is 8.13. The number of nitrogens with zero attached hydrogens (tertiary/aromatic N) is 6. The first-order valence-electron chi connectivity index (χ1n) is 12.9. The summed E-state index contributed by atoms with van der Waals surface area (Å²) in [5.41, 5.74) is 7.14. The number of aromatic amines is 2. The van der Waals surface area contributed by atoms with E-state index in [-0.39, 0.29) is 5.92 Å². The van der Waals surface area contributed by atoms with E-state index in [2.05, 4.69) is 60.1 Å². The van der Waals surface area contributed by atoms with Crippen LogP contribution in [0.3, 0.4) is 0 Å². The second-order valence-electron chi connectivity index (χ2n) is 10.2. The van der Waals surface area contributed by atoms with Gasteiger partial charge in [0.1, 0.15) is 17.6 Å². The van der Waals surface area contributed by atoms with Gasteiger partial charge < -0.3 is 25.2 Å². The molecule has 0 amide bonds. The van der Waals surface area contributed by atoms with E-state index < -0.39 is 6.23 Å². The number of aliphatic hydroxyl groups excluding tert-OH is 1. The van der Waals surface area contributed by atoms with Crippen LogP contribution in [0, 0.1) is 12.8 Å². The molecule has 198 valence electrons. The van der Waals surface area contributed by atoms with Gasteiger partial charge in [-0.1, -0.05) is 19.9 Å². The Labute approximate surface area is 222 Å². The van der Waals surface area contributed by atoms with Crippen LogP contribution in [0.4, 0.5) is 5.69 Å². The number of aryl methyl sites for hydroxylation is 1. The number of benzene rings is 1. The van der Waals surface area contributed by atoms with Gasteiger partial charge in [-0.3, -0.25) is 15.1 Å². The van der Waals surface area contributed by atoms with Gasteiger partial charge in [-0.05, 0) is 50.4 Å². The molecule has 0 radical (unpaired) electrons. The van der Waals surface area contributed by atoms with Crippen LogP contribution >= 0.6 is 0 Å². The van der Waals surface area contributed by atoms with E-state index >= 15 is 0 Å². The number of H-pyrrole nitrogens is 2. The molecule has 1 saturated heterocycles. The second kappa shape index (κ2) is 10.8. The highest BCUT2D eigenvalue weighted by Crippen LogP contribution is 2.32. The fourth-order valence-corrected chi connectivity index (χ4v) is 4.64. The number of anilines is 1. The molecule has 4 aromatic rings. The van der Waals surface area contributed by atoms with E-state index in [1.54, 1.807) is 12.4 Å². The van der Waals surface area contributed by atoms with Crippen LogP contribution in [0.1, 0.15) is 25.2 Å². The molecule has 10 heteroatoms. The second-order valence-corrected chi connectivity index (χ2v) is 10.2. The molecule has 1 aliphatic rings. The lowest BCUT2D eigenvalue weighted by atomic mass is 10.0. The topological polar surface area (TPSA) is 121 Å². The third-order valence-electron chi connectivity index (χ3n) is 6.99. The Bertz CT molecular complexity index is 1460. The molecule has 3 aromatic heterocycles. The van der Waals surface area contributed by atoms with Crippen LogP contribution in [-0.4, -0.2) is 86.2 Å². The standard InChI is InChI=1S/C28H35N9O/c1-17(2)28(38)32-21-12-20(14-30-15-21)19-6-7-23-22(13-19)26(35-34-23)27-31-18(3)25(33-27)24(16-29-4)37-10-8-36(5)9-11-37/h6-7,12-17,28,32,38H,4,8-11H2,1-3,5H3,(H,31,33)(H,34,35)/b24-16+. The van der Waals surface area contributed by atoms with Crippen LogP contribution in [0.2, 0.25) is 0 Å². The van der Waals surface area contributed by atoms with Crippen molar-refractivity contribution < 1.29 is 5.11 Å². The van der Waals surface area contributed by atoms with E-state index in [0.717, 1.165) is 76.7 Å². The zero-order valence-electron chi connectivity index (χ0n) is 22.4. The molecule has 1 aliphatic heterocycles. The number of aliphatic hydroxyl groups is 1. The molecule has 5 rings (SSSR count). The number of piperazine rings is 1. The van der Waals surface area contributed by atoms with Crippen molar-refractivity contribution in [1.82, 2.24) is 34.9 Å². The number of fused-ring (bicyclic) bond motifs is 1. The average Bonchev–Trinajstić information content (AvgIpc) is 3.50. The van der Waals surface area contributed by atoms with Gasteiger partial charge in [0.05, 0.1) is 29.3 Å². The normalized spacial score (nSPS) is 15.8. The maximum absolute atomic E-state index is 10.2. The van der Waals surface area contributed by atoms with Crippen LogP contribution in [0.15, 0.2) is 47.9 Å². The van der Waals surface area contributed by atoms with Crippen molar-refractivity contribution in [2.75, 3.05) is 38.5 Å². The molecule has 0 saturated carbocycles. The lowest BCUT2D eigenvalue weighted by Crippen LogP contribution is -2.43. The SMILES string of the molecule is C=N/C=C(\c1nc(-c2n[nH]c3ccc(-c4cncc(NC(O)C(C)C)c4)cc23)[nH]c1C)N1CCN(C)CC1. The largest absolute Gasteiger partial charge is 0.374 e. The number of hydrogen-bond acceptors (Lipinski definition) is 8. The highest BCUT2D eigenvalue weighted by Gasteiger charge is 2.23. The number of nitrogens with one attached hydrogen (secondary N) is 3. The Kier molecular flexibility index (Phi) is 7.26. The van der Waals surface area contributed by atoms with Crippen molar-refractivity contribution in [2.45, 2.75) is 27.0 Å². The number of likely N-dealkylation sites (N-methyl/N-ethyl adjacent to an activating group) is 1. The summed E-state index contributed by atoms with van der Waals surface area (Å²) in [6.45, 7) is 13.4. The minimum Gasteiger partial charge on any atom is -0.374 e. The molecule has 0 spiro atoms. The van der Waals surface area contributed by atoms with Gasteiger partial charge in [-0.25, -0.2) is 4.98 Å². The fraction of sp³-hybridized carbons (Fsp3) is 0.357. The van der Waals surface area contributed by atoms with Crippen molar-refractivity contribution in [2.24, 2.45) is 10.9 Å². The molecule has 0 bridgehead atoms. The highest BCUT2D eigenvalue weighted by atomic mass is 16.3. The molecule has 4 N–H and O–H groups in total. The number of aliphatic imine (C=N–C) groups is 1. The first kappa shape index (κ1) is 25.6. The Hall–Kier alpha value is -4.02. The maximum Gasteiger partial charge on any atom is 0.159 e. The van der Waals surface area contributed by atoms with E-state index in [1.807, 2.05) is 45.2 Å². The number of hydrogen-bond donors (Lipinski definition) is 4. The van der Waals surface area contributed by atoms with Crippen molar-refractivity contribution >= 4 is 29.0 Å². The van der Waals surface area contributed by atoms with E-state index in [0.29, 0.717) is 5.82 Å². The van der Waals surface area contributed by atoms with Crippen molar-refractivity contribution in [3.8, 4) is 22.6 Å². The lowest BCUT2D eigenvalue weighted by molar-refractivity contribution is 0.153. The molecule has 4 heterocycles. The van der Waals surface area contributed by atoms with Gasteiger partial charge >= 0.3 is 0 Å². The summed E-state index contributed by atoms with van der Waals surface area (Å²) in [4.78, 5) is 21.5. The molecule has 10 nitrogen and oxygen atoms in total. The van der Waals surface area contributed by atoms with Gasteiger partial charge in [0.15, 0.2) is 5.82 Å². The van der Waals surface area contributed by atoms with Gasteiger partial charge in [0.25, 0.3) is 0 Å². The Balaban J connectivity index is 1.48. The van der Waals surface area contributed by atoms with E-state index in [9.17, 15) is 5.11 Å². The third kappa shape index (κ3) is 5.18. The monoisotopic (exact) mass is 513 g/mol. The summed E-state index contributed by atoms with van der Waals surface area (Å²) in [6.07, 6.45) is 4.68. The van der Waals surface area contributed by atoms with Crippen LogP contribution in [-0.2, 0) is 0 Å². The zero-order chi connectivity index (χ0) is 26.8. The molecular formula is C28H35N9O. The molecular weight excluding hydrogens is 478 g/mol. The minimum absolute atomic E-state index is 0.0824. The zero-order valence-corrected chi connectivity index (χ0v) is 22.4. The molecule has 1 aromatic carbocycles. The van der Waals surface area contributed by atoms with Crippen LogP contribution in [0.5, 0.6) is 0 Å². The van der Waals surface area contributed by atoms with Crippen molar-refractivity contribution in [3.63, 3.8) is 0 Å². The van der Waals surface area contributed by atoms with Gasteiger partial charge in [0.2, 0.25) is 0 Å². The minimum atomic E-state index is -0.646. The summed E-state index contributed by atoms with van der Waals surface area (Å²) < 4.78 is 0. The Morgan fingerprint density at radius 1 is 1.16 bits per heavy atom. The van der Waals surface area contributed by atoms with Gasteiger partial charge in [0, 0.05) is 49.0 Å². The quantitative estimate of drug-likeness (QED) is 0.208. The Morgan fingerprint density at radius 3 is 2.68 bits per heavy atom. The summed E-state index contributed by atoms with van der Waals surface area (Å²) in [7, 11) is 2.14. The van der Waals surface area contributed by atoms with Crippen LogP contribution < -0.4 is 5.32 Å². The fourth-order valence-electron chi connectivity index (χ4n) is 4.64. The number of pyridine rings is 1. The van der Waals surface area contributed by atoms with E-state index in [4.69, 9.17) is 4.98 Å². The first-order chi connectivity index (χ1) is 18.3. The van der Waals surface area contributed by atoms with Gasteiger partial charge in [-0.15, -0.1) is 0 Å². The molecule has 1 atom stereocenters. The third-order valence-corrected chi connectivity index (χ3v) is 6.99. The number of rotatable bonds is 8. The van der Waals surface area contributed by atoms with E-state index in [1.165, 1.54) is 0 Å². The van der Waals surface area contributed by atoms with Crippen molar-refractivity contribution in [1.29, 1.82) is 0 Å². The lowest BCUT2D eigenvalue weighted by Gasteiger charge is -2.34. The van der Waals surface area contributed by atoms with Crippen LogP contribution in [0.25, 0.3) is 39.2 Å². The highest BCUT2D eigenvalue weighted by molar-refractivity contribution is 5.94. The molecule has 0 aliphatic carbocycles. The first-order valence-corrected chi connectivity index (χ1v) is 12.9.